The second-order valence-corrected chi connectivity index (χ2v) is 4.81. The molecular formula is C18H13FN2O. The Kier molecular flexibility index (Phi) is 3.66. The number of carbonyl (C=O) groups is 1. The van der Waals surface area contributed by atoms with Gasteiger partial charge in [0.15, 0.2) is 0 Å². The predicted molar refractivity (Wildman–Crippen MR) is 83.6 cm³/mol. The minimum Gasteiger partial charge on any atom is -0.366 e. The summed E-state index contributed by atoms with van der Waals surface area (Å²) in [5.74, 6) is -0.899. The number of halogens is 1. The third-order valence-electron chi connectivity index (χ3n) is 3.46. The van der Waals surface area contributed by atoms with Gasteiger partial charge >= 0.3 is 0 Å². The van der Waals surface area contributed by atoms with Crippen LogP contribution in [-0.2, 0) is 0 Å². The molecule has 1 amide bonds. The number of benzene rings is 2. The number of rotatable bonds is 3. The summed E-state index contributed by atoms with van der Waals surface area (Å²) in [6, 6.07) is 15.1. The molecule has 0 radical (unpaired) electrons. The summed E-state index contributed by atoms with van der Waals surface area (Å²) < 4.78 is 14.2. The summed E-state index contributed by atoms with van der Waals surface area (Å²) in [4.78, 5) is 15.8. The van der Waals surface area contributed by atoms with Crippen LogP contribution in [-0.4, -0.2) is 10.9 Å². The number of pyridine rings is 1. The van der Waals surface area contributed by atoms with Crippen molar-refractivity contribution in [2.45, 2.75) is 0 Å². The number of primary amides is 1. The Labute approximate surface area is 127 Å². The van der Waals surface area contributed by atoms with E-state index in [1.165, 1.54) is 6.07 Å². The van der Waals surface area contributed by atoms with Gasteiger partial charge in [0.05, 0.1) is 0 Å². The van der Waals surface area contributed by atoms with Gasteiger partial charge in [0.25, 0.3) is 0 Å². The highest BCUT2D eigenvalue weighted by atomic mass is 19.1. The fourth-order valence-corrected chi connectivity index (χ4v) is 2.49. The fraction of sp³-hybridized carbons (Fsp3) is 0. The lowest BCUT2D eigenvalue weighted by molar-refractivity contribution is 0.100. The summed E-state index contributed by atoms with van der Waals surface area (Å²) in [5, 5.41) is 0. The van der Waals surface area contributed by atoms with E-state index in [9.17, 15) is 9.18 Å². The lowest BCUT2D eigenvalue weighted by atomic mass is 9.90. The zero-order chi connectivity index (χ0) is 15.5. The van der Waals surface area contributed by atoms with Gasteiger partial charge in [0, 0.05) is 29.1 Å². The van der Waals surface area contributed by atoms with Gasteiger partial charge in [-0.05, 0) is 35.4 Å². The van der Waals surface area contributed by atoms with Gasteiger partial charge in [-0.15, -0.1) is 0 Å². The van der Waals surface area contributed by atoms with Crippen molar-refractivity contribution in [2.75, 3.05) is 0 Å². The molecule has 0 aliphatic rings. The fourth-order valence-electron chi connectivity index (χ4n) is 2.49. The van der Waals surface area contributed by atoms with Crippen LogP contribution in [0.15, 0.2) is 67.0 Å². The van der Waals surface area contributed by atoms with E-state index in [2.05, 4.69) is 4.98 Å². The predicted octanol–water partition coefficient (Wildman–Crippen LogP) is 3.65. The second-order valence-electron chi connectivity index (χ2n) is 4.81. The first-order chi connectivity index (χ1) is 10.7. The first kappa shape index (κ1) is 13.9. The van der Waals surface area contributed by atoms with Gasteiger partial charge in [0.2, 0.25) is 5.91 Å². The van der Waals surface area contributed by atoms with Crippen molar-refractivity contribution >= 4 is 5.91 Å². The molecule has 0 fully saturated rings. The third kappa shape index (κ3) is 2.46. The van der Waals surface area contributed by atoms with Crippen LogP contribution >= 0.6 is 0 Å². The smallest absolute Gasteiger partial charge is 0.249 e. The van der Waals surface area contributed by atoms with Gasteiger partial charge < -0.3 is 5.73 Å². The maximum absolute atomic E-state index is 14.2. The number of carbonyl (C=O) groups excluding carboxylic acids is 1. The Morgan fingerprint density at radius 3 is 2.27 bits per heavy atom. The zero-order valence-corrected chi connectivity index (χ0v) is 11.7. The third-order valence-corrected chi connectivity index (χ3v) is 3.46. The van der Waals surface area contributed by atoms with Crippen LogP contribution in [0.3, 0.4) is 0 Å². The highest BCUT2D eigenvalue weighted by Crippen LogP contribution is 2.35. The molecule has 1 aromatic heterocycles. The van der Waals surface area contributed by atoms with E-state index in [1.54, 1.807) is 60.9 Å². The van der Waals surface area contributed by atoms with Crippen molar-refractivity contribution in [1.29, 1.82) is 0 Å². The first-order valence-corrected chi connectivity index (χ1v) is 6.76. The molecule has 0 bridgehead atoms. The SMILES string of the molecule is NC(=O)c1cccc(-c2ccccc2F)c1-c1ccncc1. The van der Waals surface area contributed by atoms with E-state index in [1.807, 2.05) is 0 Å². The molecule has 22 heavy (non-hydrogen) atoms. The molecule has 2 N–H and O–H groups in total. The van der Waals surface area contributed by atoms with Crippen LogP contribution in [0.25, 0.3) is 22.3 Å². The van der Waals surface area contributed by atoms with Crippen molar-refractivity contribution in [2.24, 2.45) is 5.73 Å². The molecule has 3 rings (SSSR count). The van der Waals surface area contributed by atoms with Crippen molar-refractivity contribution in [3.05, 3.63) is 78.4 Å². The Hall–Kier alpha value is -3.01. The molecule has 2 aromatic carbocycles. The van der Waals surface area contributed by atoms with Gasteiger partial charge in [0.1, 0.15) is 5.82 Å². The highest BCUT2D eigenvalue weighted by Gasteiger charge is 2.17. The van der Waals surface area contributed by atoms with Gasteiger partial charge in [-0.3, -0.25) is 9.78 Å². The topological polar surface area (TPSA) is 56.0 Å². The molecule has 3 aromatic rings. The van der Waals surface area contributed by atoms with Crippen LogP contribution in [0.4, 0.5) is 4.39 Å². The summed E-state index contributed by atoms with van der Waals surface area (Å²) >= 11 is 0. The lowest BCUT2D eigenvalue weighted by Gasteiger charge is -2.14. The van der Waals surface area contributed by atoms with Crippen LogP contribution in [0, 0.1) is 5.82 Å². The molecule has 0 aliphatic carbocycles. The molecule has 108 valence electrons. The molecule has 4 heteroatoms. The summed E-state index contributed by atoms with van der Waals surface area (Å²) in [7, 11) is 0. The zero-order valence-electron chi connectivity index (χ0n) is 11.7. The van der Waals surface area contributed by atoms with Crippen LogP contribution in [0.2, 0.25) is 0 Å². The van der Waals surface area contributed by atoms with Gasteiger partial charge in [-0.25, -0.2) is 4.39 Å². The summed E-state index contributed by atoms with van der Waals surface area (Å²) in [6.45, 7) is 0. The monoisotopic (exact) mass is 292 g/mol. The maximum Gasteiger partial charge on any atom is 0.249 e. The molecule has 0 saturated heterocycles. The molecule has 3 nitrogen and oxygen atoms in total. The number of hydrogen-bond acceptors (Lipinski definition) is 2. The van der Waals surface area contributed by atoms with E-state index in [4.69, 9.17) is 5.73 Å². The average molecular weight is 292 g/mol. The minimum absolute atomic E-state index is 0.348. The van der Waals surface area contributed by atoms with E-state index in [0.29, 0.717) is 22.3 Å². The number of amides is 1. The Balaban J connectivity index is 2.35. The molecule has 0 atom stereocenters. The summed E-state index contributed by atoms with van der Waals surface area (Å²) in [6.07, 6.45) is 3.25. The number of nitrogens with two attached hydrogens (primary N) is 1. The Morgan fingerprint density at radius 2 is 1.59 bits per heavy atom. The van der Waals surface area contributed by atoms with Crippen molar-refractivity contribution in [1.82, 2.24) is 4.98 Å². The molecule has 1 heterocycles. The number of aromatic nitrogens is 1. The normalized spacial score (nSPS) is 10.4. The van der Waals surface area contributed by atoms with Crippen molar-refractivity contribution in [3.8, 4) is 22.3 Å². The molecule has 0 saturated carbocycles. The first-order valence-electron chi connectivity index (χ1n) is 6.76. The highest BCUT2D eigenvalue weighted by molar-refractivity contribution is 6.04. The van der Waals surface area contributed by atoms with E-state index in [0.717, 1.165) is 5.56 Å². The number of nitrogens with zero attached hydrogens (tertiary/aromatic N) is 1. The molecule has 0 unspecified atom stereocenters. The molecule has 0 aliphatic heterocycles. The molecule has 0 spiro atoms. The summed E-state index contributed by atoms with van der Waals surface area (Å²) in [5.41, 5.74) is 8.28. The van der Waals surface area contributed by atoms with Crippen LogP contribution < -0.4 is 5.73 Å². The standard InChI is InChI=1S/C18H13FN2O/c19-16-7-2-1-4-13(16)14-5-3-6-15(18(20)22)17(14)12-8-10-21-11-9-12/h1-11H,(H2,20,22). The van der Waals surface area contributed by atoms with Crippen molar-refractivity contribution < 1.29 is 9.18 Å². The largest absolute Gasteiger partial charge is 0.366 e. The minimum atomic E-state index is -0.551. The second kappa shape index (κ2) is 5.77. The lowest BCUT2D eigenvalue weighted by Crippen LogP contribution is -2.13. The number of hydrogen-bond donors (Lipinski definition) is 1. The quantitative estimate of drug-likeness (QED) is 0.801. The molecular weight excluding hydrogens is 279 g/mol. The van der Waals surface area contributed by atoms with Gasteiger partial charge in [-0.2, -0.15) is 0 Å². The maximum atomic E-state index is 14.2. The van der Waals surface area contributed by atoms with Gasteiger partial charge in [-0.1, -0.05) is 30.3 Å². The van der Waals surface area contributed by atoms with E-state index >= 15 is 0 Å². The van der Waals surface area contributed by atoms with E-state index in [-0.39, 0.29) is 5.82 Å². The Bertz CT molecular complexity index is 832. The van der Waals surface area contributed by atoms with E-state index < -0.39 is 5.91 Å². The van der Waals surface area contributed by atoms with Crippen molar-refractivity contribution in [3.63, 3.8) is 0 Å². The van der Waals surface area contributed by atoms with Crippen LogP contribution in [0.5, 0.6) is 0 Å². The Morgan fingerprint density at radius 1 is 0.909 bits per heavy atom. The van der Waals surface area contributed by atoms with Crippen LogP contribution in [0.1, 0.15) is 10.4 Å². The average Bonchev–Trinajstić information content (AvgIpc) is 2.55.